The molecule has 2 aliphatic rings. The van der Waals surface area contributed by atoms with Crippen LogP contribution in [0.15, 0.2) is 72.8 Å². The third kappa shape index (κ3) is 7.85. The summed E-state index contributed by atoms with van der Waals surface area (Å²) in [6.07, 6.45) is 2.49. The number of carbonyl (C=O) groups is 2. The van der Waals surface area contributed by atoms with Gasteiger partial charge in [-0.05, 0) is 51.0 Å². The second kappa shape index (κ2) is 12.0. The topological polar surface area (TPSA) is 89.5 Å². The van der Waals surface area contributed by atoms with Gasteiger partial charge in [0.2, 0.25) is 0 Å². The molecule has 2 unspecified atom stereocenters. The van der Waals surface area contributed by atoms with Crippen LogP contribution in [0.5, 0.6) is 0 Å². The molecule has 2 fully saturated rings. The average molecular weight is 523 g/mol. The van der Waals surface area contributed by atoms with Gasteiger partial charge in [0, 0.05) is 12.2 Å². The van der Waals surface area contributed by atoms with Crippen LogP contribution in [0.3, 0.4) is 0 Å². The fourth-order valence-electron chi connectivity index (χ4n) is 4.27. The van der Waals surface area contributed by atoms with Crippen LogP contribution in [0.25, 0.3) is 12.2 Å². The Kier molecular flexibility index (Phi) is 8.79. The van der Waals surface area contributed by atoms with Crippen molar-refractivity contribution >= 4 is 24.1 Å². The normalized spacial score (nSPS) is 23.9. The highest BCUT2D eigenvalue weighted by atomic mass is 16.8. The van der Waals surface area contributed by atoms with Crippen LogP contribution in [-0.2, 0) is 38.0 Å². The lowest BCUT2D eigenvalue weighted by Crippen LogP contribution is -2.51. The Hall–Kier alpha value is -3.30. The Morgan fingerprint density at radius 2 is 1.08 bits per heavy atom. The van der Waals surface area contributed by atoms with Crippen LogP contribution >= 0.6 is 0 Å². The van der Waals surface area contributed by atoms with Gasteiger partial charge in [0.25, 0.3) is 0 Å². The van der Waals surface area contributed by atoms with Gasteiger partial charge in [0.15, 0.2) is 23.8 Å². The van der Waals surface area contributed by atoms with Gasteiger partial charge >= 0.3 is 11.9 Å². The van der Waals surface area contributed by atoms with Crippen LogP contribution in [0.2, 0.25) is 0 Å². The second-order valence-electron chi connectivity index (χ2n) is 10.0. The summed E-state index contributed by atoms with van der Waals surface area (Å²) >= 11 is 0. The monoisotopic (exact) mass is 522 g/mol. The Bertz CT molecular complexity index is 1050. The molecule has 2 aliphatic heterocycles. The molecule has 0 spiro atoms. The molecule has 2 aromatic carbocycles. The fourth-order valence-corrected chi connectivity index (χ4v) is 4.27. The Morgan fingerprint density at radius 3 is 1.39 bits per heavy atom. The zero-order chi connectivity index (χ0) is 27.2. The molecule has 2 saturated heterocycles. The van der Waals surface area contributed by atoms with Crippen LogP contribution in [0.4, 0.5) is 0 Å². The summed E-state index contributed by atoms with van der Waals surface area (Å²) in [7, 11) is 0. The lowest BCUT2D eigenvalue weighted by atomic mass is 10.0. The maximum absolute atomic E-state index is 13.0. The molecule has 4 rings (SSSR count). The third-order valence-electron chi connectivity index (χ3n) is 6.04. The van der Waals surface area contributed by atoms with Crippen LogP contribution < -0.4 is 0 Å². The summed E-state index contributed by atoms with van der Waals surface area (Å²) in [5.74, 6) is -3.04. The summed E-state index contributed by atoms with van der Waals surface area (Å²) < 4.78 is 35.4. The lowest BCUT2D eigenvalue weighted by Gasteiger charge is -2.33. The van der Waals surface area contributed by atoms with Crippen molar-refractivity contribution in [1.29, 1.82) is 0 Å². The molecule has 2 heterocycles. The standard InChI is InChI=1S/C30H34O8/c1-29(2)33-19-23(37-29)27(35-25(31)17-15-21-11-7-5-8-12-21)28(24-20-34-30(3,4)38-24)36-26(32)18-16-22-13-9-6-10-14-22/h5-18,23-24,27-28H,19-20H2,1-4H3/b17-15+,18-16+/t23?,24?,27-,28+. The quantitative estimate of drug-likeness (QED) is 0.350. The number of esters is 2. The molecule has 2 aromatic rings. The molecule has 0 aliphatic carbocycles. The van der Waals surface area contributed by atoms with E-state index >= 15 is 0 Å². The van der Waals surface area contributed by atoms with E-state index in [2.05, 4.69) is 0 Å². The smallest absolute Gasteiger partial charge is 0.331 e. The van der Waals surface area contributed by atoms with E-state index in [1.807, 2.05) is 60.7 Å². The highest BCUT2D eigenvalue weighted by Crippen LogP contribution is 2.33. The van der Waals surface area contributed by atoms with Crippen molar-refractivity contribution < 1.29 is 38.0 Å². The van der Waals surface area contributed by atoms with Crippen LogP contribution in [0.1, 0.15) is 38.8 Å². The van der Waals surface area contributed by atoms with Crippen molar-refractivity contribution in [1.82, 2.24) is 0 Å². The number of hydrogen-bond acceptors (Lipinski definition) is 8. The summed E-state index contributed by atoms with van der Waals surface area (Å²) in [5.41, 5.74) is 1.68. The second-order valence-corrected chi connectivity index (χ2v) is 10.0. The van der Waals surface area contributed by atoms with Crippen LogP contribution in [0, 0.1) is 0 Å². The van der Waals surface area contributed by atoms with Gasteiger partial charge in [-0.2, -0.15) is 0 Å². The SMILES string of the molecule is CC1(C)OCC([C@@H](OC(=O)/C=C/c2ccccc2)[C@@H](OC(=O)/C=C/c2ccccc2)C2COC(C)(C)O2)O1. The molecule has 8 nitrogen and oxygen atoms in total. The summed E-state index contributed by atoms with van der Waals surface area (Å²) in [6, 6.07) is 18.7. The summed E-state index contributed by atoms with van der Waals surface area (Å²) in [5, 5.41) is 0. The molecule has 0 radical (unpaired) electrons. The molecule has 0 bridgehead atoms. The van der Waals surface area contributed by atoms with E-state index in [0.29, 0.717) is 0 Å². The zero-order valence-corrected chi connectivity index (χ0v) is 22.1. The van der Waals surface area contributed by atoms with E-state index in [-0.39, 0.29) is 13.2 Å². The summed E-state index contributed by atoms with van der Waals surface area (Å²) in [4.78, 5) is 25.9. The van der Waals surface area contributed by atoms with Crippen molar-refractivity contribution in [2.45, 2.75) is 63.7 Å². The van der Waals surface area contributed by atoms with Gasteiger partial charge < -0.3 is 28.4 Å². The van der Waals surface area contributed by atoms with Crippen molar-refractivity contribution in [2.24, 2.45) is 0 Å². The van der Waals surface area contributed by atoms with Crippen LogP contribution in [-0.4, -0.2) is 61.1 Å². The Labute approximate surface area is 223 Å². The first kappa shape index (κ1) is 27.7. The number of carbonyl (C=O) groups excluding carboxylic acids is 2. The Balaban J connectivity index is 1.58. The molecule has 4 atom stereocenters. The molecular weight excluding hydrogens is 488 g/mol. The predicted molar refractivity (Wildman–Crippen MR) is 141 cm³/mol. The molecule has 38 heavy (non-hydrogen) atoms. The molecule has 0 N–H and O–H groups in total. The van der Waals surface area contributed by atoms with Gasteiger partial charge in [0.05, 0.1) is 13.2 Å². The largest absolute Gasteiger partial charge is 0.452 e. The van der Waals surface area contributed by atoms with E-state index in [1.165, 1.54) is 12.2 Å². The highest BCUT2D eigenvalue weighted by molar-refractivity contribution is 5.88. The van der Waals surface area contributed by atoms with Gasteiger partial charge in [-0.1, -0.05) is 60.7 Å². The van der Waals surface area contributed by atoms with Gasteiger partial charge in [-0.15, -0.1) is 0 Å². The number of hydrogen-bond donors (Lipinski definition) is 0. The minimum Gasteiger partial charge on any atom is -0.452 e. The molecule has 202 valence electrons. The predicted octanol–water partition coefficient (Wildman–Crippen LogP) is 4.54. The minimum atomic E-state index is -1.03. The van der Waals surface area contributed by atoms with Gasteiger partial charge in [0.1, 0.15) is 12.2 Å². The Morgan fingerprint density at radius 1 is 0.711 bits per heavy atom. The highest BCUT2D eigenvalue weighted by Gasteiger charge is 2.50. The molecular formula is C30H34O8. The van der Waals surface area contributed by atoms with Gasteiger partial charge in [-0.3, -0.25) is 0 Å². The number of ether oxygens (including phenoxy) is 6. The fraction of sp³-hybridized carbons (Fsp3) is 0.400. The van der Waals surface area contributed by atoms with Crippen molar-refractivity contribution in [3.63, 3.8) is 0 Å². The van der Waals surface area contributed by atoms with E-state index in [1.54, 1.807) is 39.8 Å². The van der Waals surface area contributed by atoms with Gasteiger partial charge in [-0.25, -0.2) is 9.59 Å². The summed E-state index contributed by atoms with van der Waals surface area (Å²) in [6.45, 7) is 7.34. The molecule has 0 aromatic heterocycles. The van der Waals surface area contributed by atoms with Crippen molar-refractivity contribution in [3.8, 4) is 0 Å². The molecule has 0 saturated carbocycles. The molecule has 0 amide bonds. The first-order valence-electron chi connectivity index (χ1n) is 12.6. The number of rotatable bonds is 9. The maximum Gasteiger partial charge on any atom is 0.331 e. The molecule has 8 heteroatoms. The zero-order valence-electron chi connectivity index (χ0n) is 22.1. The average Bonchev–Trinajstić information content (AvgIpc) is 3.45. The van der Waals surface area contributed by atoms with E-state index < -0.39 is 47.9 Å². The van der Waals surface area contributed by atoms with E-state index in [0.717, 1.165) is 11.1 Å². The lowest BCUT2D eigenvalue weighted by molar-refractivity contribution is -0.205. The minimum absolute atomic E-state index is 0.137. The van der Waals surface area contributed by atoms with E-state index in [9.17, 15) is 9.59 Å². The van der Waals surface area contributed by atoms with Crippen molar-refractivity contribution in [2.75, 3.05) is 13.2 Å². The van der Waals surface area contributed by atoms with E-state index in [4.69, 9.17) is 28.4 Å². The number of benzene rings is 2. The van der Waals surface area contributed by atoms with Crippen molar-refractivity contribution in [3.05, 3.63) is 83.9 Å². The first-order chi connectivity index (χ1) is 18.1. The maximum atomic E-state index is 13.0. The first-order valence-corrected chi connectivity index (χ1v) is 12.6. The third-order valence-corrected chi connectivity index (χ3v) is 6.04.